The number of carbonyl (C=O) groups is 1. The molecular weight excluding hydrogens is 397 g/mol. The summed E-state index contributed by atoms with van der Waals surface area (Å²) in [5.74, 6) is -0.148. The molecule has 0 aliphatic carbocycles. The second-order valence-corrected chi connectivity index (χ2v) is 7.66. The number of benzene rings is 2. The molecule has 2 aromatic carbocycles. The van der Waals surface area contributed by atoms with Crippen molar-refractivity contribution in [2.24, 2.45) is 0 Å². The van der Waals surface area contributed by atoms with Crippen molar-refractivity contribution in [3.63, 3.8) is 0 Å². The highest BCUT2D eigenvalue weighted by Gasteiger charge is 2.51. The lowest BCUT2D eigenvalue weighted by molar-refractivity contribution is -0.278. The molecule has 1 unspecified atom stereocenters. The Labute approximate surface area is 174 Å². The van der Waals surface area contributed by atoms with Crippen LogP contribution in [0.2, 0.25) is 0 Å². The quantitative estimate of drug-likeness (QED) is 0.337. The first kappa shape index (κ1) is 23.9. The van der Waals surface area contributed by atoms with E-state index in [4.69, 9.17) is 9.47 Å². The number of hydrogen-bond acceptors (Lipinski definition) is 4. The molecule has 1 N–H and O–H groups in total. The Hall–Kier alpha value is -2.38. The van der Waals surface area contributed by atoms with Crippen molar-refractivity contribution in [2.75, 3.05) is 6.61 Å². The minimum absolute atomic E-state index is 0.285. The van der Waals surface area contributed by atoms with Gasteiger partial charge in [0.05, 0.1) is 12.2 Å². The predicted octanol–water partition coefficient (Wildman–Crippen LogP) is 5.67. The van der Waals surface area contributed by atoms with E-state index in [0.29, 0.717) is 31.1 Å². The van der Waals surface area contributed by atoms with E-state index in [1.807, 2.05) is 19.9 Å². The van der Waals surface area contributed by atoms with E-state index in [1.54, 1.807) is 37.3 Å². The zero-order valence-corrected chi connectivity index (χ0v) is 17.6. The van der Waals surface area contributed by atoms with Crippen molar-refractivity contribution < 1.29 is 32.5 Å². The maximum Gasteiger partial charge on any atom is 0.419 e. The second kappa shape index (κ2) is 8.78. The van der Waals surface area contributed by atoms with Crippen LogP contribution in [0.3, 0.4) is 0 Å². The van der Waals surface area contributed by atoms with Crippen LogP contribution < -0.4 is 4.74 Å². The third-order valence-corrected chi connectivity index (χ3v) is 5.28. The molecule has 0 saturated carbocycles. The van der Waals surface area contributed by atoms with Crippen molar-refractivity contribution >= 4 is 16.7 Å². The Balaban J connectivity index is 2.35. The molecule has 0 aliphatic heterocycles. The molecule has 164 valence electrons. The zero-order valence-electron chi connectivity index (χ0n) is 17.6. The molecule has 4 nitrogen and oxygen atoms in total. The molecule has 7 heteroatoms. The Kier molecular flexibility index (Phi) is 6.99. The van der Waals surface area contributed by atoms with Gasteiger partial charge in [-0.1, -0.05) is 38.6 Å². The average Bonchev–Trinajstić information content (AvgIpc) is 2.68. The summed E-state index contributed by atoms with van der Waals surface area (Å²) in [4.78, 5) is 11.7. The molecule has 0 aromatic heterocycles. The van der Waals surface area contributed by atoms with E-state index < -0.39 is 30.0 Å². The van der Waals surface area contributed by atoms with Crippen LogP contribution in [0.1, 0.15) is 46.1 Å². The van der Waals surface area contributed by atoms with Gasteiger partial charge in [-0.25, -0.2) is 4.79 Å². The fourth-order valence-electron chi connectivity index (χ4n) is 3.07. The standard InChI is InChI=1S/C23H27F3O4/c1-6-22(7-2,29-14-21(5,28)23(24,25)26)18-10-8-17-13-19(11-9-16(17)12-18)30-20(27)15(3)4/h8-13,28H,3,6-7,14H2,1-2,4-5H3. The lowest BCUT2D eigenvalue weighted by Gasteiger charge is -2.36. The molecule has 0 amide bonds. The number of carbonyl (C=O) groups excluding carboxylic acids is 1. The zero-order chi connectivity index (χ0) is 22.7. The smallest absolute Gasteiger partial charge is 0.419 e. The first-order valence-electron chi connectivity index (χ1n) is 9.70. The van der Waals surface area contributed by atoms with Gasteiger partial charge in [0.2, 0.25) is 0 Å². The van der Waals surface area contributed by atoms with Crippen molar-refractivity contribution in [1.29, 1.82) is 0 Å². The predicted molar refractivity (Wildman–Crippen MR) is 109 cm³/mol. The molecule has 2 aromatic rings. The first-order chi connectivity index (χ1) is 13.8. The summed E-state index contributed by atoms with van der Waals surface area (Å²) >= 11 is 0. The van der Waals surface area contributed by atoms with Crippen LogP contribution in [0.4, 0.5) is 13.2 Å². The number of fused-ring (bicyclic) bond motifs is 1. The highest BCUT2D eigenvalue weighted by molar-refractivity contribution is 5.90. The van der Waals surface area contributed by atoms with Crippen molar-refractivity contribution in [3.8, 4) is 5.75 Å². The van der Waals surface area contributed by atoms with Crippen LogP contribution in [0, 0.1) is 0 Å². The van der Waals surface area contributed by atoms with Gasteiger partial charge in [-0.3, -0.25) is 0 Å². The SMILES string of the molecule is C=C(C)C(=O)Oc1ccc2cc(C(CC)(CC)OCC(C)(O)C(F)(F)F)ccc2c1. The minimum Gasteiger partial charge on any atom is -0.423 e. The topological polar surface area (TPSA) is 55.8 Å². The van der Waals surface area contributed by atoms with Gasteiger partial charge in [0.15, 0.2) is 5.60 Å². The number of halogens is 3. The van der Waals surface area contributed by atoms with Gasteiger partial charge >= 0.3 is 12.1 Å². The average molecular weight is 424 g/mol. The van der Waals surface area contributed by atoms with Crippen molar-refractivity contribution in [1.82, 2.24) is 0 Å². The lowest BCUT2D eigenvalue weighted by atomic mass is 9.86. The maximum absolute atomic E-state index is 13.0. The van der Waals surface area contributed by atoms with Gasteiger partial charge in [-0.2, -0.15) is 13.2 Å². The Bertz CT molecular complexity index is 928. The van der Waals surface area contributed by atoms with Gasteiger partial charge in [-0.15, -0.1) is 0 Å². The molecule has 0 radical (unpaired) electrons. The molecule has 0 fully saturated rings. The number of rotatable bonds is 8. The molecule has 0 spiro atoms. The van der Waals surface area contributed by atoms with Crippen LogP contribution in [-0.2, 0) is 15.1 Å². The Morgan fingerprint density at radius 2 is 1.63 bits per heavy atom. The van der Waals surface area contributed by atoms with Crippen LogP contribution in [0.25, 0.3) is 10.8 Å². The Morgan fingerprint density at radius 1 is 1.07 bits per heavy atom. The number of hydrogen-bond donors (Lipinski definition) is 1. The minimum atomic E-state index is -4.79. The van der Waals surface area contributed by atoms with E-state index in [1.165, 1.54) is 0 Å². The number of ether oxygens (including phenoxy) is 2. The third kappa shape index (κ3) is 5.02. The van der Waals surface area contributed by atoms with E-state index in [-0.39, 0.29) is 5.57 Å². The van der Waals surface area contributed by atoms with Gasteiger partial charge in [0, 0.05) is 5.57 Å². The molecule has 30 heavy (non-hydrogen) atoms. The molecular formula is C23H27F3O4. The van der Waals surface area contributed by atoms with E-state index in [2.05, 4.69) is 6.58 Å². The summed E-state index contributed by atoms with van der Waals surface area (Å²) in [6.45, 7) is 8.60. The number of alkyl halides is 3. The molecule has 0 saturated heterocycles. The third-order valence-electron chi connectivity index (χ3n) is 5.28. The first-order valence-corrected chi connectivity index (χ1v) is 9.70. The summed E-state index contributed by atoms with van der Waals surface area (Å²) < 4.78 is 50.0. The summed E-state index contributed by atoms with van der Waals surface area (Å²) in [6.07, 6.45) is -3.93. The van der Waals surface area contributed by atoms with Gasteiger partial charge in [0.25, 0.3) is 0 Å². The molecule has 0 aliphatic rings. The fourth-order valence-corrected chi connectivity index (χ4v) is 3.07. The summed E-state index contributed by atoms with van der Waals surface area (Å²) in [7, 11) is 0. The van der Waals surface area contributed by atoms with Crippen molar-refractivity contribution in [3.05, 3.63) is 54.1 Å². The van der Waals surface area contributed by atoms with Gasteiger partial charge in [-0.05, 0) is 61.2 Å². The van der Waals surface area contributed by atoms with E-state index in [0.717, 1.165) is 10.8 Å². The lowest BCUT2D eigenvalue weighted by Crippen LogP contribution is -2.48. The van der Waals surface area contributed by atoms with E-state index >= 15 is 0 Å². The highest BCUT2D eigenvalue weighted by Crippen LogP contribution is 2.38. The van der Waals surface area contributed by atoms with Crippen LogP contribution in [0.5, 0.6) is 5.75 Å². The molecule has 0 bridgehead atoms. The highest BCUT2D eigenvalue weighted by atomic mass is 19.4. The summed E-state index contributed by atoms with van der Waals surface area (Å²) in [5, 5.41) is 11.4. The maximum atomic E-state index is 13.0. The Morgan fingerprint density at radius 3 is 2.17 bits per heavy atom. The summed E-state index contributed by atoms with van der Waals surface area (Å²) in [5.41, 5.74) is -2.92. The normalized spacial score (nSPS) is 14.4. The fraction of sp³-hybridized carbons (Fsp3) is 0.435. The number of aliphatic hydroxyl groups is 1. The van der Waals surface area contributed by atoms with Gasteiger partial charge in [0.1, 0.15) is 5.75 Å². The van der Waals surface area contributed by atoms with Gasteiger partial charge < -0.3 is 14.6 Å². The van der Waals surface area contributed by atoms with E-state index in [9.17, 15) is 23.1 Å². The molecule has 1 atom stereocenters. The van der Waals surface area contributed by atoms with Crippen LogP contribution in [-0.4, -0.2) is 29.5 Å². The molecule has 2 rings (SSSR count). The molecule has 0 heterocycles. The number of esters is 1. The summed E-state index contributed by atoms with van der Waals surface area (Å²) in [6, 6.07) is 10.5. The second-order valence-electron chi connectivity index (χ2n) is 7.66. The van der Waals surface area contributed by atoms with Crippen molar-refractivity contribution in [2.45, 2.75) is 57.9 Å². The largest absolute Gasteiger partial charge is 0.423 e. The van der Waals surface area contributed by atoms with Crippen LogP contribution in [0.15, 0.2) is 48.6 Å². The monoisotopic (exact) mass is 424 g/mol. The van der Waals surface area contributed by atoms with Crippen LogP contribution >= 0.6 is 0 Å².